The van der Waals surface area contributed by atoms with E-state index in [9.17, 15) is 9.59 Å². The molecule has 0 saturated heterocycles. The van der Waals surface area contributed by atoms with Gasteiger partial charge in [-0.2, -0.15) is 0 Å². The number of rotatable bonds is 5. The molecular weight excluding hydrogens is 280 g/mol. The summed E-state index contributed by atoms with van der Waals surface area (Å²) in [6, 6.07) is 15.1. The van der Waals surface area contributed by atoms with Crippen LogP contribution in [0.4, 0.5) is 5.69 Å². The number of nitrogens with two attached hydrogens (primary N) is 1. The first-order valence-corrected chi connectivity index (χ1v) is 6.49. The van der Waals surface area contributed by atoms with Crippen molar-refractivity contribution in [1.29, 1.82) is 0 Å². The number of aliphatic imine (C=N–C) groups is 1. The van der Waals surface area contributed by atoms with Gasteiger partial charge in [-0.1, -0.05) is 30.3 Å². The van der Waals surface area contributed by atoms with Crippen molar-refractivity contribution < 1.29 is 14.7 Å². The van der Waals surface area contributed by atoms with Gasteiger partial charge in [-0.25, -0.2) is 4.79 Å². The number of carbonyl (C=O) groups is 2. The van der Waals surface area contributed by atoms with E-state index in [-0.39, 0.29) is 11.1 Å². The number of carboxylic acids is 1. The number of aromatic carboxylic acids is 1. The van der Waals surface area contributed by atoms with Gasteiger partial charge in [0.25, 0.3) is 0 Å². The van der Waals surface area contributed by atoms with Crippen LogP contribution in [0.1, 0.15) is 15.9 Å². The van der Waals surface area contributed by atoms with Crippen molar-refractivity contribution >= 4 is 29.9 Å². The normalized spacial score (nSPS) is 12.0. The third kappa shape index (κ3) is 3.67. The largest absolute Gasteiger partial charge is 0.478 e. The van der Waals surface area contributed by atoms with Gasteiger partial charge in [0.15, 0.2) is 6.29 Å². The van der Waals surface area contributed by atoms with Crippen molar-refractivity contribution in [1.82, 2.24) is 0 Å². The van der Waals surface area contributed by atoms with Crippen molar-refractivity contribution in [3.63, 3.8) is 0 Å². The summed E-state index contributed by atoms with van der Waals surface area (Å²) < 4.78 is 0. The molecule has 22 heavy (non-hydrogen) atoms. The lowest BCUT2D eigenvalue weighted by atomic mass is 10.1. The molecule has 0 aliphatic rings. The lowest BCUT2D eigenvalue weighted by Crippen LogP contribution is -2.03. The number of carbonyl (C=O) groups excluding carboxylic acids is 1. The van der Waals surface area contributed by atoms with E-state index in [2.05, 4.69) is 4.99 Å². The average molecular weight is 294 g/mol. The van der Waals surface area contributed by atoms with Gasteiger partial charge >= 0.3 is 5.97 Å². The summed E-state index contributed by atoms with van der Waals surface area (Å²) in [6.07, 6.45) is 2.00. The van der Waals surface area contributed by atoms with Gasteiger partial charge in [0.1, 0.15) is 0 Å². The standard InChI is InChI=1S/C17H14N2O3/c18-16(12-4-2-1-3-5-12)14(11-20)10-19-15-8-6-13(7-9-15)17(21)22/h1-11H,18H2,(H,21,22). The molecule has 0 spiro atoms. The second kappa shape index (κ2) is 6.99. The van der Waals surface area contributed by atoms with Crippen LogP contribution < -0.4 is 5.73 Å². The summed E-state index contributed by atoms with van der Waals surface area (Å²) in [5.41, 5.74) is 7.99. The zero-order valence-corrected chi connectivity index (χ0v) is 11.6. The van der Waals surface area contributed by atoms with Gasteiger partial charge in [-0.05, 0) is 29.8 Å². The number of benzene rings is 2. The fourth-order valence-electron chi connectivity index (χ4n) is 1.78. The molecule has 5 nitrogen and oxygen atoms in total. The van der Waals surface area contributed by atoms with Crippen molar-refractivity contribution in [3.05, 3.63) is 71.3 Å². The first-order valence-electron chi connectivity index (χ1n) is 6.49. The van der Waals surface area contributed by atoms with Crippen LogP contribution >= 0.6 is 0 Å². The van der Waals surface area contributed by atoms with Gasteiger partial charge in [0.05, 0.1) is 22.5 Å². The molecule has 2 aromatic carbocycles. The van der Waals surface area contributed by atoms with E-state index >= 15 is 0 Å². The van der Waals surface area contributed by atoms with Crippen molar-refractivity contribution in [2.24, 2.45) is 10.7 Å². The third-order valence-electron chi connectivity index (χ3n) is 2.99. The van der Waals surface area contributed by atoms with Crippen LogP contribution in [0.25, 0.3) is 5.70 Å². The predicted molar refractivity (Wildman–Crippen MR) is 85.2 cm³/mol. The Kier molecular flexibility index (Phi) is 4.82. The van der Waals surface area contributed by atoms with Crippen molar-refractivity contribution in [2.75, 3.05) is 0 Å². The maximum absolute atomic E-state index is 11.2. The molecule has 0 unspecified atom stereocenters. The molecule has 0 heterocycles. The topological polar surface area (TPSA) is 92.8 Å². The highest BCUT2D eigenvalue weighted by atomic mass is 16.4. The van der Waals surface area contributed by atoms with E-state index in [0.29, 0.717) is 17.7 Å². The molecule has 0 bridgehead atoms. The Labute approximate surface area is 127 Å². The molecule has 110 valence electrons. The first-order chi connectivity index (χ1) is 10.6. The Bertz CT molecular complexity index is 732. The maximum Gasteiger partial charge on any atom is 0.335 e. The van der Waals surface area contributed by atoms with Crippen LogP contribution in [0.3, 0.4) is 0 Å². The minimum Gasteiger partial charge on any atom is -0.478 e. The van der Waals surface area contributed by atoms with E-state index in [1.54, 1.807) is 24.3 Å². The average Bonchev–Trinajstić information content (AvgIpc) is 2.56. The summed E-state index contributed by atoms with van der Waals surface area (Å²) in [5, 5.41) is 8.82. The van der Waals surface area contributed by atoms with Gasteiger partial charge < -0.3 is 10.8 Å². The van der Waals surface area contributed by atoms with Gasteiger partial charge in [-0.3, -0.25) is 9.79 Å². The van der Waals surface area contributed by atoms with Crippen LogP contribution in [0.15, 0.2) is 65.2 Å². The smallest absolute Gasteiger partial charge is 0.335 e. The summed E-state index contributed by atoms with van der Waals surface area (Å²) in [4.78, 5) is 26.1. The monoisotopic (exact) mass is 294 g/mol. The lowest BCUT2D eigenvalue weighted by Gasteiger charge is -2.03. The van der Waals surface area contributed by atoms with Crippen molar-refractivity contribution in [2.45, 2.75) is 0 Å². The molecule has 0 amide bonds. The molecule has 0 radical (unpaired) electrons. The molecule has 0 fully saturated rings. The molecule has 2 aromatic rings. The second-order valence-corrected chi connectivity index (χ2v) is 4.46. The zero-order chi connectivity index (χ0) is 15.9. The Morgan fingerprint density at radius 3 is 2.18 bits per heavy atom. The fraction of sp³-hybridized carbons (Fsp3) is 0. The summed E-state index contributed by atoms with van der Waals surface area (Å²) in [7, 11) is 0. The van der Waals surface area contributed by atoms with E-state index in [4.69, 9.17) is 10.8 Å². The summed E-state index contributed by atoms with van der Waals surface area (Å²) in [5.74, 6) is -1.00. The number of aldehydes is 1. The van der Waals surface area contributed by atoms with E-state index in [0.717, 1.165) is 5.56 Å². The molecular formula is C17H14N2O3. The van der Waals surface area contributed by atoms with Gasteiger partial charge in [0, 0.05) is 6.21 Å². The summed E-state index contributed by atoms with van der Waals surface area (Å²) >= 11 is 0. The minimum absolute atomic E-state index is 0.175. The van der Waals surface area contributed by atoms with Crippen molar-refractivity contribution in [3.8, 4) is 0 Å². The SMILES string of the molecule is NC(=C(C=O)C=Nc1ccc(C(=O)O)cc1)c1ccccc1. The second-order valence-electron chi connectivity index (χ2n) is 4.46. The van der Waals surface area contributed by atoms with Crippen LogP contribution in [-0.2, 0) is 4.79 Å². The number of nitrogens with zero attached hydrogens (tertiary/aromatic N) is 1. The molecule has 5 heteroatoms. The molecule has 0 aromatic heterocycles. The first kappa shape index (κ1) is 15.2. The minimum atomic E-state index is -1.00. The van der Waals surface area contributed by atoms with Gasteiger partial charge in [0.2, 0.25) is 0 Å². The highest BCUT2D eigenvalue weighted by molar-refractivity contribution is 6.09. The Morgan fingerprint density at radius 1 is 1.00 bits per heavy atom. The molecule has 3 N–H and O–H groups in total. The fourth-order valence-corrected chi connectivity index (χ4v) is 1.78. The van der Waals surface area contributed by atoms with Crippen LogP contribution in [0.2, 0.25) is 0 Å². The Morgan fingerprint density at radius 2 is 1.64 bits per heavy atom. The maximum atomic E-state index is 11.2. The summed E-state index contributed by atoms with van der Waals surface area (Å²) in [6.45, 7) is 0. The Balaban J connectivity index is 2.26. The molecule has 0 aliphatic carbocycles. The quantitative estimate of drug-likeness (QED) is 0.503. The molecule has 0 aliphatic heterocycles. The molecule has 0 saturated carbocycles. The number of allylic oxidation sites excluding steroid dienone is 1. The van der Waals surface area contributed by atoms with E-state index in [1.165, 1.54) is 18.3 Å². The molecule has 2 rings (SSSR count). The molecule has 0 atom stereocenters. The highest BCUT2D eigenvalue weighted by Crippen LogP contribution is 2.15. The van der Waals surface area contributed by atoms with E-state index in [1.807, 2.05) is 18.2 Å². The van der Waals surface area contributed by atoms with E-state index < -0.39 is 5.97 Å². The third-order valence-corrected chi connectivity index (χ3v) is 2.99. The predicted octanol–water partition coefficient (Wildman–Crippen LogP) is 2.66. The highest BCUT2D eigenvalue weighted by Gasteiger charge is 2.03. The van der Waals surface area contributed by atoms with Crippen LogP contribution in [-0.4, -0.2) is 23.6 Å². The number of carboxylic acid groups (broad SMARTS) is 1. The van der Waals surface area contributed by atoms with Crippen LogP contribution in [0.5, 0.6) is 0 Å². The Hall–Kier alpha value is -3.21. The number of hydrogen-bond donors (Lipinski definition) is 2. The number of hydrogen-bond acceptors (Lipinski definition) is 4. The van der Waals surface area contributed by atoms with Gasteiger partial charge in [-0.15, -0.1) is 0 Å². The lowest BCUT2D eigenvalue weighted by molar-refractivity contribution is -0.104. The van der Waals surface area contributed by atoms with Crippen LogP contribution in [0, 0.1) is 0 Å². The zero-order valence-electron chi connectivity index (χ0n) is 11.6.